The lowest BCUT2D eigenvalue weighted by atomic mass is 9.51. The van der Waals surface area contributed by atoms with Gasteiger partial charge < -0.3 is 15.4 Å². The second-order valence-electron chi connectivity index (χ2n) is 13.3. The monoisotopic (exact) mass is 444 g/mol. The number of oxime groups is 1. The van der Waals surface area contributed by atoms with E-state index in [1.54, 1.807) is 0 Å². The summed E-state index contributed by atoms with van der Waals surface area (Å²) in [6.45, 7) is 9.30. The second-order valence-corrected chi connectivity index (χ2v) is 13.3. The zero-order valence-corrected chi connectivity index (χ0v) is 20.3. The Bertz CT molecular complexity index is 783. The van der Waals surface area contributed by atoms with E-state index < -0.39 is 5.60 Å². The molecule has 4 saturated carbocycles. The van der Waals surface area contributed by atoms with Gasteiger partial charge in [0.05, 0.1) is 17.4 Å². The number of rotatable bonds is 0. The summed E-state index contributed by atoms with van der Waals surface area (Å²) in [6, 6.07) is 0.343. The van der Waals surface area contributed by atoms with Gasteiger partial charge in [-0.2, -0.15) is 0 Å². The van der Waals surface area contributed by atoms with Gasteiger partial charge in [-0.05, 0) is 112 Å². The van der Waals surface area contributed by atoms with Crippen molar-refractivity contribution in [1.29, 1.82) is 0 Å². The highest BCUT2D eigenvalue weighted by Gasteiger charge is 2.64. The summed E-state index contributed by atoms with van der Waals surface area (Å²) in [6.07, 6.45) is 9.45. The molecule has 6 rings (SSSR count). The summed E-state index contributed by atoms with van der Waals surface area (Å²) in [5.41, 5.74) is 0.549. The Balaban J connectivity index is 1.32. The molecule has 3 N–H and O–H groups in total. The lowest BCUT2D eigenvalue weighted by Gasteiger charge is -2.59. The Hall–Kier alpha value is -0.650. The molecule has 12 unspecified atom stereocenters. The van der Waals surface area contributed by atoms with Gasteiger partial charge in [-0.3, -0.25) is 4.90 Å². The number of aliphatic hydroxyl groups excluding tert-OH is 1. The Morgan fingerprint density at radius 2 is 1.72 bits per heavy atom. The van der Waals surface area contributed by atoms with E-state index in [2.05, 4.69) is 30.8 Å². The number of hydrogen-bond acceptors (Lipinski definition) is 5. The van der Waals surface area contributed by atoms with Crippen LogP contribution in [0.15, 0.2) is 5.16 Å². The normalized spacial score (nSPS) is 59.0. The molecule has 2 saturated heterocycles. The van der Waals surface area contributed by atoms with Gasteiger partial charge in [0, 0.05) is 25.0 Å². The van der Waals surface area contributed by atoms with Crippen LogP contribution in [0.3, 0.4) is 0 Å². The molecule has 5 heteroatoms. The van der Waals surface area contributed by atoms with Crippen LogP contribution in [0.5, 0.6) is 0 Å². The molecule has 6 fully saturated rings. The van der Waals surface area contributed by atoms with Crippen molar-refractivity contribution in [2.24, 2.45) is 57.9 Å². The Labute approximate surface area is 193 Å². The highest BCUT2D eigenvalue weighted by Crippen LogP contribution is 2.66. The number of aliphatic hydroxyl groups is 2. The highest BCUT2D eigenvalue weighted by atomic mass is 16.4. The Kier molecular flexibility index (Phi) is 5.07. The van der Waals surface area contributed by atoms with E-state index in [1.165, 1.54) is 25.8 Å². The zero-order valence-electron chi connectivity index (χ0n) is 20.3. The molecule has 6 aliphatic rings. The standard InChI is InChI=1S/C27H44N2O3/c1-15-4-7-25-27(3,31)21-6-5-17-18(20(21)14-29(25)13-15)11-22-19(17)12-24(28-32)23-10-16(30)8-9-26(22,23)2/h15-23,25,30-32H,4-14H2,1-3H3. The van der Waals surface area contributed by atoms with Crippen LogP contribution in [0.1, 0.15) is 78.6 Å². The molecular weight excluding hydrogens is 400 g/mol. The summed E-state index contributed by atoms with van der Waals surface area (Å²) >= 11 is 0. The molecule has 4 aliphatic carbocycles. The molecule has 0 amide bonds. The van der Waals surface area contributed by atoms with Crippen molar-refractivity contribution in [3.05, 3.63) is 0 Å². The van der Waals surface area contributed by atoms with Gasteiger partial charge in [-0.1, -0.05) is 19.0 Å². The summed E-state index contributed by atoms with van der Waals surface area (Å²) in [7, 11) is 0. The van der Waals surface area contributed by atoms with Crippen molar-refractivity contribution >= 4 is 5.71 Å². The minimum absolute atomic E-state index is 0.149. The van der Waals surface area contributed by atoms with E-state index in [0.29, 0.717) is 41.5 Å². The molecule has 0 spiro atoms. The molecule has 12 atom stereocenters. The van der Waals surface area contributed by atoms with Crippen molar-refractivity contribution in [2.45, 2.75) is 96.3 Å². The minimum atomic E-state index is -0.569. The molecule has 2 aliphatic heterocycles. The molecule has 32 heavy (non-hydrogen) atoms. The lowest BCUT2D eigenvalue weighted by Crippen LogP contribution is -2.67. The van der Waals surface area contributed by atoms with Gasteiger partial charge in [0.1, 0.15) is 0 Å². The third kappa shape index (κ3) is 2.95. The fourth-order valence-corrected chi connectivity index (χ4v) is 10.5. The van der Waals surface area contributed by atoms with E-state index in [4.69, 9.17) is 0 Å². The first-order chi connectivity index (χ1) is 15.2. The van der Waals surface area contributed by atoms with Crippen LogP contribution in [0.4, 0.5) is 0 Å². The van der Waals surface area contributed by atoms with Crippen molar-refractivity contribution in [2.75, 3.05) is 13.1 Å². The molecule has 5 nitrogen and oxygen atoms in total. The quantitative estimate of drug-likeness (QED) is 0.388. The molecule has 180 valence electrons. The zero-order chi connectivity index (χ0) is 22.4. The highest BCUT2D eigenvalue weighted by molar-refractivity contribution is 5.88. The molecule has 0 radical (unpaired) electrons. The predicted molar refractivity (Wildman–Crippen MR) is 124 cm³/mol. The van der Waals surface area contributed by atoms with Crippen molar-refractivity contribution < 1.29 is 15.4 Å². The Morgan fingerprint density at radius 1 is 0.906 bits per heavy atom. The van der Waals surface area contributed by atoms with E-state index in [9.17, 15) is 15.4 Å². The van der Waals surface area contributed by atoms with Gasteiger partial charge in [-0.25, -0.2) is 0 Å². The lowest BCUT2D eigenvalue weighted by molar-refractivity contribution is -0.175. The van der Waals surface area contributed by atoms with Crippen LogP contribution in [0, 0.1) is 52.8 Å². The van der Waals surface area contributed by atoms with Crippen molar-refractivity contribution in [1.82, 2.24) is 4.90 Å². The van der Waals surface area contributed by atoms with Gasteiger partial charge in [0.15, 0.2) is 0 Å². The Morgan fingerprint density at radius 3 is 2.50 bits per heavy atom. The first-order valence-electron chi connectivity index (χ1n) is 13.6. The molecule has 2 heterocycles. The van der Waals surface area contributed by atoms with Gasteiger partial charge >= 0.3 is 0 Å². The largest absolute Gasteiger partial charge is 0.411 e. The summed E-state index contributed by atoms with van der Waals surface area (Å²) in [5, 5.41) is 36.0. The van der Waals surface area contributed by atoms with Crippen LogP contribution >= 0.6 is 0 Å². The summed E-state index contributed by atoms with van der Waals surface area (Å²) in [5.74, 6) is 4.68. The SMILES string of the molecule is CC1CCC2N(C1)CC1C3CC4C(CC(=NO)C5CC(O)CCC54C)C3CCC1C2(C)O. The first kappa shape index (κ1) is 21.9. The molecule has 0 aromatic heterocycles. The van der Waals surface area contributed by atoms with E-state index in [-0.39, 0.29) is 17.4 Å². The average Bonchev–Trinajstić information content (AvgIpc) is 3.14. The topological polar surface area (TPSA) is 76.3 Å². The average molecular weight is 445 g/mol. The van der Waals surface area contributed by atoms with Crippen LogP contribution in [-0.2, 0) is 0 Å². The van der Waals surface area contributed by atoms with E-state index in [1.807, 2.05) is 0 Å². The maximum absolute atomic E-state index is 11.9. The van der Waals surface area contributed by atoms with Crippen molar-refractivity contribution in [3.63, 3.8) is 0 Å². The maximum Gasteiger partial charge on any atom is 0.0805 e. The first-order valence-corrected chi connectivity index (χ1v) is 13.6. The van der Waals surface area contributed by atoms with Gasteiger partial charge in [0.2, 0.25) is 0 Å². The van der Waals surface area contributed by atoms with E-state index >= 15 is 0 Å². The number of fused-ring (bicyclic) bond motifs is 8. The fourth-order valence-electron chi connectivity index (χ4n) is 10.5. The van der Waals surface area contributed by atoms with E-state index in [0.717, 1.165) is 56.7 Å². The van der Waals surface area contributed by atoms with Crippen molar-refractivity contribution in [3.8, 4) is 0 Å². The number of hydrogen-bond donors (Lipinski definition) is 3. The van der Waals surface area contributed by atoms with Crippen LogP contribution < -0.4 is 0 Å². The van der Waals surface area contributed by atoms with Gasteiger partial charge in [0.25, 0.3) is 0 Å². The molecular formula is C27H44N2O3. The fraction of sp³-hybridized carbons (Fsp3) is 0.963. The predicted octanol–water partition coefficient (Wildman–Crippen LogP) is 4.15. The third-order valence-corrected chi connectivity index (χ3v) is 12.0. The minimum Gasteiger partial charge on any atom is -0.411 e. The molecule has 0 bridgehead atoms. The number of nitrogens with zero attached hydrogens (tertiary/aromatic N) is 2. The molecule has 0 aromatic rings. The van der Waals surface area contributed by atoms with Crippen LogP contribution in [0.2, 0.25) is 0 Å². The number of piperidine rings is 2. The van der Waals surface area contributed by atoms with Gasteiger partial charge in [-0.15, -0.1) is 0 Å². The van der Waals surface area contributed by atoms with Crippen LogP contribution in [-0.4, -0.2) is 56.9 Å². The second kappa shape index (κ2) is 7.42. The summed E-state index contributed by atoms with van der Waals surface area (Å²) in [4.78, 5) is 2.67. The third-order valence-electron chi connectivity index (χ3n) is 12.0. The van der Waals surface area contributed by atoms with Crippen LogP contribution in [0.25, 0.3) is 0 Å². The smallest absolute Gasteiger partial charge is 0.0805 e. The summed E-state index contributed by atoms with van der Waals surface area (Å²) < 4.78 is 0. The molecule has 0 aromatic carbocycles. The maximum atomic E-state index is 11.9.